The fourth-order valence-electron chi connectivity index (χ4n) is 2.28. The third-order valence-corrected chi connectivity index (χ3v) is 3.11. The molecule has 5 heteroatoms. The summed E-state index contributed by atoms with van der Waals surface area (Å²) in [5.74, 6) is 0.924. The summed E-state index contributed by atoms with van der Waals surface area (Å²) in [7, 11) is 0. The summed E-state index contributed by atoms with van der Waals surface area (Å²) < 4.78 is 18.6. The Balaban J connectivity index is 2.22. The van der Waals surface area contributed by atoms with E-state index in [-0.39, 0.29) is 25.5 Å². The Morgan fingerprint density at radius 3 is 2.88 bits per heavy atom. The number of amides is 1. The maximum Gasteiger partial charge on any atom is 0.257 e. The molecule has 2 heterocycles. The van der Waals surface area contributed by atoms with E-state index >= 15 is 0 Å². The molecule has 0 unspecified atom stereocenters. The summed E-state index contributed by atoms with van der Waals surface area (Å²) in [5, 5.41) is 9.14. The molecular formula is C12H16FNO3. The predicted molar refractivity (Wildman–Crippen MR) is 59.6 cm³/mol. The van der Waals surface area contributed by atoms with Gasteiger partial charge in [0, 0.05) is 6.42 Å². The highest BCUT2D eigenvalue weighted by Gasteiger charge is 2.36. The Morgan fingerprint density at radius 2 is 2.35 bits per heavy atom. The van der Waals surface area contributed by atoms with E-state index in [1.165, 1.54) is 4.90 Å². The molecule has 94 valence electrons. The monoisotopic (exact) mass is 241 g/mol. The minimum absolute atomic E-state index is 0.0493. The molecule has 2 rings (SSSR count). The Bertz CT molecular complexity index is 429. The van der Waals surface area contributed by atoms with Crippen LogP contribution in [0.25, 0.3) is 0 Å². The average molecular weight is 241 g/mol. The van der Waals surface area contributed by atoms with Gasteiger partial charge >= 0.3 is 0 Å². The van der Waals surface area contributed by atoms with Crippen LogP contribution >= 0.6 is 0 Å². The van der Waals surface area contributed by atoms with Gasteiger partial charge in [-0.25, -0.2) is 4.39 Å². The molecular weight excluding hydrogens is 225 g/mol. The van der Waals surface area contributed by atoms with Crippen LogP contribution in [0.15, 0.2) is 10.5 Å². The van der Waals surface area contributed by atoms with Crippen molar-refractivity contribution in [3.8, 4) is 0 Å². The van der Waals surface area contributed by atoms with Crippen molar-refractivity contribution in [2.24, 2.45) is 0 Å². The van der Waals surface area contributed by atoms with Crippen LogP contribution in [0.4, 0.5) is 4.39 Å². The van der Waals surface area contributed by atoms with Crippen molar-refractivity contribution < 1.29 is 18.7 Å². The van der Waals surface area contributed by atoms with E-state index in [4.69, 9.17) is 9.52 Å². The summed E-state index contributed by atoms with van der Waals surface area (Å²) in [6, 6.07) is 1.23. The van der Waals surface area contributed by atoms with Crippen LogP contribution in [0, 0.1) is 13.8 Å². The second kappa shape index (κ2) is 4.49. The maximum absolute atomic E-state index is 13.3. The SMILES string of the molecule is Cc1cc(C(=O)N2C[C@@H](F)C[C@H]2CO)c(C)o1. The smallest absolute Gasteiger partial charge is 0.257 e. The average Bonchev–Trinajstić information content (AvgIpc) is 2.80. The fraction of sp³-hybridized carbons (Fsp3) is 0.583. The second-order valence-electron chi connectivity index (χ2n) is 4.45. The molecule has 0 spiro atoms. The van der Waals surface area contributed by atoms with Gasteiger partial charge < -0.3 is 14.4 Å². The number of carbonyl (C=O) groups excluding carboxylic acids is 1. The molecule has 0 aromatic carbocycles. The molecule has 1 fully saturated rings. The van der Waals surface area contributed by atoms with Gasteiger partial charge in [-0.3, -0.25) is 4.79 Å². The molecule has 1 N–H and O–H groups in total. The number of alkyl halides is 1. The standard InChI is InChI=1S/C12H16FNO3/c1-7-3-11(8(2)17-7)12(16)14-5-9(13)4-10(14)6-15/h3,9-10,15H,4-6H2,1-2H3/t9-,10-/m0/s1. The molecule has 0 saturated carbocycles. The minimum Gasteiger partial charge on any atom is -0.466 e. The quantitative estimate of drug-likeness (QED) is 0.852. The molecule has 1 amide bonds. The normalized spacial score (nSPS) is 24.4. The number of furan rings is 1. The van der Waals surface area contributed by atoms with Crippen LogP contribution in [-0.4, -0.2) is 41.3 Å². The van der Waals surface area contributed by atoms with Gasteiger partial charge in [0.2, 0.25) is 0 Å². The van der Waals surface area contributed by atoms with E-state index in [0.717, 1.165) is 0 Å². The van der Waals surface area contributed by atoms with Crippen LogP contribution in [-0.2, 0) is 0 Å². The Labute approximate surface area is 99.0 Å². The zero-order chi connectivity index (χ0) is 12.6. The lowest BCUT2D eigenvalue weighted by Crippen LogP contribution is -2.38. The molecule has 17 heavy (non-hydrogen) atoms. The molecule has 2 atom stereocenters. The van der Waals surface area contributed by atoms with Crippen LogP contribution in [0.3, 0.4) is 0 Å². The van der Waals surface area contributed by atoms with Crippen molar-refractivity contribution in [2.75, 3.05) is 13.2 Å². The van der Waals surface area contributed by atoms with Crippen molar-refractivity contribution in [2.45, 2.75) is 32.5 Å². The molecule has 0 aliphatic carbocycles. The first kappa shape index (κ1) is 12.1. The number of nitrogens with zero attached hydrogens (tertiary/aromatic N) is 1. The summed E-state index contributed by atoms with van der Waals surface area (Å²) in [6.07, 6.45) is -0.845. The Hall–Kier alpha value is -1.36. The van der Waals surface area contributed by atoms with Gasteiger partial charge in [-0.2, -0.15) is 0 Å². The lowest BCUT2D eigenvalue weighted by Gasteiger charge is -2.22. The van der Waals surface area contributed by atoms with Gasteiger partial charge in [0.15, 0.2) is 0 Å². The number of halogens is 1. The lowest BCUT2D eigenvalue weighted by molar-refractivity contribution is 0.0671. The van der Waals surface area contributed by atoms with Crippen LogP contribution in [0.1, 0.15) is 28.3 Å². The van der Waals surface area contributed by atoms with Crippen LogP contribution in [0.2, 0.25) is 0 Å². The number of aliphatic hydroxyl groups excluding tert-OH is 1. The molecule has 1 aromatic heterocycles. The molecule has 4 nitrogen and oxygen atoms in total. The Kier molecular flexibility index (Phi) is 3.19. The number of aliphatic hydroxyl groups is 1. The Morgan fingerprint density at radius 1 is 1.65 bits per heavy atom. The number of hydrogen-bond acceptors (Lipinski definition) is 3. The van der Waals surface area contributed by atoms with Gasteiger partial charge in [-0.15, -0.1) is 0 Å². The van der Waals surface area contributed by atoms with E-state index in [1.54, 1.807) is 19.9 Å². The predicted octanol–water partition coefficient (Wildman–Crippen LogP) is 1.44. The van der Waals surface area contributed by atoms with E-state index in [2.05, 4.69) is 0 Å². The summed E-state index contributed by atoms with van der Waals surface area (Å²) >= 11 is 0. The minimum atomic E-state index is -1.05. The van der Waals surface area contributed by atoms with Gasteiger partial charge in [-0.1, -0.05) is 0 Å². The van der Waals surface area contributed by atoms with Gasteiger partial charge in [-0.05, 0) is 19.9 Å². The highest BCUT2D eigenvalue weighted by atomic mass is 19.1. The van der Waals surface area contributed by atoms with Crippen molar-refractivity contribution in [1.82, 2.24) is 4.90 Å². The van der Waals surface area contributed by atoms with E-state index in [1.807, 2.05) is 0 Å². The van der Waals surface area contributed by atoms with Crippen molar-refractivity contribution in [1.29, 1.82) is 0 Å². The second-order valence-corrected chi connectivity index (χ2v) is 4.45. The third kappa shape index (κ3) is 2.20. The third-order valence-electron chi connectivity index (χ3n) is 3.11. The molecule has 1 aromatic rings. The molecule has 1 aliphatic heterocycles. The first-order chi connectivity index (χ1) is 8.02. The topological polar surface area (TPSA) is 53.7 Å². The largest absolute Gasteiger partial charge is 0.466 e. The van der Waals surface area contributed by atoms with Crippen molar-refractivity contribution >= 4 is 5.91 Å². The highest BCUT2D eigenvalue weighted by Crippen LogP contribution is 2.24. The van der Waals surface area contributed by atoms with Crippen molar-refractivity contribution in [3.05, 3.63) is 23.2 Å². The summed E-state index contributed by atoms with van der Waals surface area (Å²) in [5.41, 5.74) is 0.454. The van der Waals surface area contributed by atoms with Gasteiger partial charge in [0.1, 0.15) is 17.7 Å². The summed E-state index contributed by atoms with van der Waals surface area (Å²) in [4.78, 5) is 13.6. The number of rotatable bonds is 2. The van der Waals surface area contributed by atoms with Crippen molar-refractivity contribution in [3.63, 3.8) is 0 Å². The molecule has 0 radical (unpaired) electrons. The fourth-order valence-corrected chi connectivity index (χ4v) is 2.28. The zero-order valence-electron chi connectivity index (χ0n) is 9.94. The number of hydrogen-bond donors (Lipinski definition) is 1. The first-order valence-corrected chi connectivity index (χ1v) is 5.66. The zero-order valence-corrected chi connectivity index (χ0v) is 9.94. The molecule has 1 aliphatic rings. The van der Waals surface area contributed by atoms with Gasteiger partial charge in [0.25, 0.3) is 5.91 Å². The van der Waals surface area contributed by atoms with E-state index < -0.39 is 12.2 Å². The van der Waals surface area contributed by atoms with E-state index in [9.17, 15) is 9.18 Å². The highest BCUT2D eigenvalue weighted by molar-refractivity contribution is 5.95. The molecule has 0 bridgehead atoms. The van der Waals surface area contributed by atoms with Crippen LogP contribution in [0.5, 0.6) is 0 Å². The van der Waals surface area contributed by atoms with Gasteiger partial charge in [0.05, 0.1) is 24.8 Å². The summed E-state index contributed by atoms with van der Waals surface area (Å²) in [6.45, 7) is 3.31. The number of aryl methyl sites for hydroxylation is 2. The maximum atomic E-state index is 13.3. The first-order valence-electron chi connectivity index (χ1n) is 5.66. The molecule has 1 saturated heterocycles. The van der Waals surface area contributed by atoms with Crippen LogP contribution < -0.4 is 0 Å². The number of carbonyl (C=O) groups is 1. The van der Waals surface area contributed by atoms with E-state index in [0.29, 0.717) is 17.1 Å². The number of likely N-dealkylation sites (tertiary alicyclic amines) is 1. The lowest BCUT2D eigenvalue weighted by atomic mass is 10.2.